The third-order valence-corrected chi connectivity index (χ3v) is 4.18. The fourth-order valence-corrected chi connectivity index (χ4v) is 2.67. The Morgan fingerprint density at radius 1 is 0.793 bits per heavy atom. The van der Waals surface area contributed by atoms with Gasteiger partial charge in [0.15, 0.2) is 23.9 Å². The summed E-state index contributed by atoms with van der Waals surface area (Å²) in [6, 6.07) is 21.7. The third-order valence-electron chi connectivity index (χ3n) is 4.18. The predicted molar refractivity (Wildman–Crippen MR) is 113 cm³/mol. The van der Waals surface area contributed by atoms with E-state index >= 15 is 0 Å². The van der Waals surface area contributed by atoms with Gasteiger partial charge in [0.05, 0.1) is 7.11 Å². The minimum Gasteiger partial charge on any atom is -0.493 e. The van der Waals surface area contributed by atoms with E-state index < -0.39 is 0 Å². The van der Waals surface area contributed by atoms with Crippen molar-refractivity contribution < 1.29 is 19.1 Å². The van der Waals surface area contributed by atoms with Crippen molar-refractivity contribution in [1.82, 2.24) is 0 Å². The Morgan fingerprint density at radius 2 is 1.34 bits per heavy atom. The first-order valence-electron chi connectivity index (χ1n) is 9.09. The zero-order valence-electron chi connectivity index (χ0n) is 16.3. The van der Waals surface area contributed by atoms with Gasteiger partial charge in [-0.25, -0.2) is 0 Å². The molecule has 0 aliphatic heterocycles. The predicted octanol–water partition coefficient (Wildman–Crippen LogP) is 4.66. The number of anilines is 3. The number of hydrogen-bond donors (Lipinski definition) is 2. The normalized spacial score (nSPS) is 10.1. The zero-order chi connectivity index (χ0) is 20.6. The van der Waals surface area contributed by atoms with E-state index in [1.165, 1.54) is 6.92 Å². The van der Waals surface area contributed by atoms with Crippen LogP contribution in [0.2, 0.25) is 0 Å². The second kappa shape index (κ2) is 9.41. The maximum atomic E-state index is 12.1. The summed E-state index contributed by atoms with van der Waals surface area (Å²) in [6.45, 7) is 1.42. The Morgan fingerprint density at radius 3 is 1.93 bits per heavy atom. The first-order valence-corrected chi connectivity index (χ1v) is 9.09. The van der Waals surface area contributed by atoms with E-state index in [0.29, 0.717) is 22.7 Å². The molecule has 3 aromatic carbocycles. The summed E-state index contributed by atoms with van der Waals surface area (Å²) >= 11 is 0. The number of carbonyl (C=O) groups is 2. The molecule has 0 saturated carbocycles. The van der Waals surface area contributed by atoms with Crippen LogP contribution in [0.5, 0.6) is 11.5 Å². The van der Waals surface area contributed by atoms with Gasteiger partial charge >= 0.3 is 0 Å². The molecular weight excluding hydrogens is 368 g/mol. The Bertz CT molecular complexity index is 983. The number of nitrogens with one attached hydrogen (secondary N) is 2. The molecule has 0 heterocycles. The van der Waals surface area contributed by atoms with Gasteiger partial charge < -0.3 is 20.1 Å². The van der Waals surface area contributed by atoms with Crippen molar-refractivity contribution in [1.29, 1.82) is 0 Å². The van der Waals surface area contributed by atoms with Crippen molar-refractivity contribution in [2.75, 3.05) is 24.4 Å². The largest absolute Gasteiger partial charge is 0.493 e. The van der Waals surface area contributed by atoms with Gasteiger partial charge in [-0.15, -0.1) is 0 Å². The molecule has 0 atom stereocenters. The lowest BCUT2D eigenvalue weighted by Gasteiger charge is -2.11. The highest BCUT2D eigenvalue weighted by atomic mass is 16.5. The summed E-state index contributed by atoms with van der Waals surface area (Å²) in [5.74, 6) is 0.857. The topological polar surface area (TPSA) is 76.7 Å². The van der Waals surface area contributed by atoms with Crippen LogP contribution < -0.4 is 20.1 Å². The first kappa shape index (κ1) is 19.9. The number of ether oxygens (including phenoxy) is 2. The van der Waals surface area contributed by atoms with Crippen LogP contribution in [-0.2, 0) is 4.79 Å². The van der Waals surface area contributed by atoms with Gasteiger partial charge in [-0.2, -0.15) is 0 Å². The summed E-state index contributed by atoms with van der Waals surface area (Å²) in [5, 5.41) is 6.04. The molecule has 3 rings (SSSR count). The van der Waals surface area contributed by atoms with Crippen LogP contribution >= 0.6 is 0 Å². The molecule has 0 spiro atoms. The molecular formula is C23H22N2O4. The Kier molecular flexibility index (Phi) is 6.47. The van der Waals surface area contributed by atoms with Crippen LogP contribution in [-0.4, -0.2) is 25.4 Å². The van der Waals surface area contributed by atoms with Gasteiger partial charge in [-0.05, 0) is 67.6 Å². The second-order valence-electron chi connectivity index (χ2n) is 6.32. The van der Waals surface area contributed by atoms with Gasteiger partial charge in [0, 0.05) is 22.6 Å². The number of carbonyl (C=O) groups excluding carboxylic acids is 2. The molecule has 6 nitrogen and oxygen atoms in total. The summed E-state index contributed by atoms with van der Waals surface area (Å²) in [6.07, 6.45) is 0. The number of Topliss-reactive ketones (excluding diaryl/α,β-unsaturated/α-hetero) is 1. The molecule has 0 bridgehead atoms. The SMILES string of the molecule is COc1ccccc1OCC(=O)Nc1ccc(Nc2ccc(C(C)=O)cc2)cc1. The van der Waals surface area contributed by atoms with E-state index in [2.05, 4.69) is 10.6 Å². The van der Waals surface area contributed by atoms with E-state index in [-0.39, 0.29) is 18.3 Å². The summed E-state index contributed by atoms with van der Waals surface area (Å²) in [5.41, 5.74) is 3.07. The monoisotopic (exact) mass is 390 g/mol. The molecule has 3 aromatic rings. The van der Waals surface area contributed by atoms with Gasteiger partial charge in [0.25, 0.3) is 5.91 Å². The van der Waals surface area contributed by atoms with E-state index in [1.807, 2.05) is 36.4 Å². The van der Waals surface area contributed by atoms with Crippen molar-refractivity contribution in [3.05, 3.63) is 78.4 Å². The molecule has 1 amide bonds. The number of amides is 1. The molecule has 148 valence electrons. The van der Waals surface area contributed by atoms with Crippen LogP contribution in [0.25, 0.3) is 0 Å². The Balaban J connectivity index is 1.53. The molecule has 2 N–H and O–H groups in total. The van der Waals surface area contributed by atoms with Crippen molar-refractivity contribution in [3.63, 3.8) is 0 Å². The fraction of sp³-hybridized carbons (Fsp3) is 0.130. The number of rotatable bonds is 8. The molecule has 0 radical (unpaired) electrons. The van der Waals surface area contributed by atoms with Gasteiger partial charge in [0.2, 0.25) is 0 Å². The average molecular weight is 390 g/mol. The lowest BCUT2D eigenvalue weighted by Crippen LogP contribution is -2.20. The number of hydrogen-bond acceptors (Lipinski definition) is 5. The average Bonchev–Trinajstić information content (AvgIpc) is 2.74. The maximum Gasteiger partial charge on any atom is 0.262 e. The molecule has 0 unspecified atom stereocenters. The summed E-state index contributed by atoms with van der Waals surface area (Å²) in [4.78, 5) is 23.5. The first-order chi connectivity index (χ1) is 14.0. The Labute approximate surface area is 169 Å². The highest BCUT2D eigenvalue weighted by Gasteiger charge is 2.07. The summed E-state index contributed by atoms with van der Waals surface area (Å²) in [7, 11) is 1.55. The van der Waals surface area contributed by atoms with Crippen molar-refractivity contribution >= 4 is 28.8 Å². The number of benzene rings is 3. The highest BCUT2D eigenvalue weighted by Crippen LogP contribution is 2.25. The summed E-state index contributed by atoms with van der Waals surface area (Å²) < 4.78 is 10.7. The molecule has 0 aromatic heterocycles. The van der Waals surface area contributed by atoms with Crippen LogP contribution in [0.4, 0.5) is 17.1 Å². The standard InChI is InChI=1S/C23H22N2O4/c1-16(26)17-7-9-18(10-8-17)24-19-11-13-20(14-12-19)25-23(27)15-29-22-6-4-3-5-21(22)28-2/h3-14,24H,15H2,1-2H3,(H,25,27). The number of para-hydroxylation sites is 2. The molecule has 0 aliphatic rings. The lowest BCUT2D eigenvalue weighted by atomic mass is 10.1. The molecule has 6 heteroatoms. The van der Waals surface area contributed by atoms with Crippen molar-refractivity contribution in [2.45, 2.75) is 6.92 Å². The van der Waals surface area contributed by atoms with E-state index in [0.717, 1.165) is 11.4 Å². The minimum absolute atomic E-state index is 0.0336. The molecule has 0 saturated heterocycles. The smallest absolute Gasteiger partial charge is 0.262 e. The molecule has 0 aliphatic carbocycles. The highest BCUT2D eigenvalue weighted by molar-refractivity contribution is 5.94. The third kappa shape index (κ3) is 5.59. The van der Waals surface area contributed by atoms with E-state index in [4.69, 9.17) is 9.47 Å². The second-order valence-corrected chi connectivity index (χ2v) is 6.32. The van der Waals surface area contributed by atoms with Gasteiger partial charge in [-0.3, -0.25) is 9.59 Å². The quantitative estimate of drug-likeness (QED) is 0.547. The van der Waals surface area contributed by atoms with Gasteiger partial charge in [0.1, 0.15) is 0 Å². The van der Waals surface area contributed by atoms with E-state index in [9.17, 15) is 9.59 Å². The van der Waals surface area contributed by atoms with Crippen molar-refractivity contribution in [3.8, 4) is 11.5 Å². The fourth-order valence-electron chi connectivity index (χ4n) is 2.67. The zero-order valence-corrected chi connectivity index (χ0v) is 16.3. The molecule has 29 heavy (non-hydrogen) atoms. The van der Waals surface area contributed by atoms with Crippen LogP contribution in [0.3, 0.4) is 0 Å². The maximum absolute atomic E-state index is 12.1. The number of ketones is 1. The minimum atomic E-state index is -0.267. The van der Waals surface area contributed by atoms with Crippen LogP contribution in [0.1, 0.15) is 17.3 Å². The van der Waals surface area contributed by atoms with Crippen molar-refractivity contribution in [2.24, 2.45) is 0 Å². The van der Waals surface area contributed by atoms with E-state index in [1.54, 1.807) is 43.5 Å². The van der Waals surface area contributed by atoms with Crippen LogP contribution in [0, 0.1) is 0 Å². The Hall–Kier alpha value is -3.80. The van der Waals surface area contributed by atoms with Crippen LogP contribution in [0.15, 0.2) is 72.8 Å². The molecule has 0 fully saturated rings. The van der Waals surface area contributed by atoms with Gasteiger partial charge in [-0.1, -0.05) is 12.1 Å². The number of methoxy groups -OCH3 is 1. The lowest BCUT2D eigenvalue weighted by molar-refractivity contribution is -0.118.